The number of benzene rings is 1. The van der Waals surface area contributed by atoms with Gasteiger partial charge in [0.25, 0.3) is 15.6 Å². The molecule has 0 spiro atoms. The van der Waals surface area contributed by atoms with Crippen molar-refractivity contribution in [3.63, 3.8) is 0 Å². The number of aromatic nitrogens is 3. The van der Waals surface area contributed by atoms with Crippen molar-refractivity contribution in [3.05, 3.63) is 69.2 Å². The fourth-order valence-electron chi connectivity index (χ4n) is 4.58. The lowest BCUT2D eigenvalue weighted by molar-refractivity contribution is 0.237. The largest absolute Gasteiger partial charge is 0.384 e. The summed E-state index contributed by atoms with van der Waals surface area (Å²) in [7, 11) is -4.06. The predicted octanol–water partition coefficient (Wildman–Crippen LogP) is 4.21. The molecule has 1 aliphatic heterocycles. The lowest BCUT2D eigenvalue weighted by Gasteiger charge is -2.26. The molecule has 0 saturated carbocycles. The molecule has 40 heavy (non-hydrogen) atoms. The molecule has 11 nitrogen and oxygen atoms in total. The van der Waals surface area contributed by atoms with Crippen LogP contribution < -0.4 is 20.9 Å². The summed E-state index contributed by atoms with van der Waals surface area (Å²) in [6.07, 6.45) is 5.15. The summed E-state index contributed by atoms with van der Waals surface area (Å²) in [5, 5.41) is 6.31. The van der Waals surface area contributed by atoms with Gasteiger partial charge in [0, 0.05) is 18.8 Å². The molecule has 0 radical (unpaired) electrons. The van der Waals surface area contributed by atoms with Crippen molar-refractivity contribution in [3.8, 4) is 5.82 Å². The Morgan fingerprint density at radius 3 is 2.55 bits per heavy atom. The summed E-state index contributed by atoms with van der Waals surface area (Å²) < 4.78 is 28.2. The lowest BCUT2D eigenvalue weighted by atomic mass is 10.1. The van der Waals surface area contributed by atoms with Crippen LogP contribution in [0.25, 0.3) is 16.7 Å². The highest BCUT2D eigenvalue weighted by molar-refractivity contribution is 7.92. The lowest BCUT2D eigenvalue weighted by Crippen LogP contribution is -2.34. The van der Waals surface area contributed by atoms with E-state index in [9.17, 15) is 18.0 Å². The SMILES string of the molecule is Cc1nc2cc(NCCN3CCCCC3)ccc2c(=O)n1-c1ccc(NC(=O)NS(=O)(=O)c2ccc(Cl)s2)cn1. The van der Waals surface area contributed by atoms with Crippen molar-refractivity contribution in [2.24, 2.45) is 0 Å². The molecule has 2 amide bonds. The third kappa shape index (κ3) is 6.44. The highest BCUT2D eigenvalue weighted by atomic mass is 35.5. The number of halogens is 1. The number of nitrogens with zero attached hydrogens (tertiary/aromatic N) is 4. The van der Waals surface area contributed by atoms with Gasteiger partial charge in [-0.15, -0.1) is 11.3 Å². The van der Waals surface area contributed by atoms with Crippen molar-refractivity contribution in [2.45, 2.75) is 30.4 Å². The van der Waals surface area contributed by atoms with Gasteiger partial charge in [0.2, 0.25) is 0 Å². The second-order valence-electron chi connectivity index (χ2n) is 9.38. The van der Waals surface area contributed by atoms with Crippen LogP contribution in [0.1, 0.15) is 25.1 Å². The van der Waals surface area contributed by atoms with Crippen LogP contribution in [0.3, 0.4) is 0 Å². The van der Waals surface area contributed by atoms with Crippen molar-refractivity contribution < 1.29 is 13.2 Å². The quantitative estimate of drug-likeness (QED) is 0.273. The van der Waals surface area contributed by atoms with Crippen LogP contribution in [0.15, 0.2) is 57.7 Å². The van der Waals surface area contributed by atoms with Gasteiger partial charge < -0.3 is 15.5 Å². The second kappa shape index (κ2) is 11.9. The molecule has 5 rings (SSSR count). The van der Waals surface area contributed by atoms with Gasteiger partial charge in [-0.05, 0) is 75.3 Å². The highest BCUT2D eigenvalue weighted by Gasteiger charge is 2.20. The van der Waals surface area contributed by atoms with Gasteiger partial charge in [0.15, 0.2) is 0 Å². The molecular weight excluding hydrogens is 574 g/mol. The first-order valence-corrected chi connectivity index (χ1v) is 15.4. The van der Waals surface area contributed by atoms with E-state index in [0.717, 1.165) is 43.2 Å². The molecule has 1 aromatic carbocycles. The first-order chi connectivity index (χ1) is 19.2. The summed E-state index contributed by atoms with van der Waals surface area (Å²) >= 11 is 6.62. The predicted molar refractivity (Wildman–Crippen MR) is 157 cm³/mol. The van der Waals surface area contributed by atoms with Gasteiger partial charge in [-0.2, -0.15) is 0 Å². The highest BCUT2D eigenvalue weighted by Crippen LogP contribution is 2.25. The summed E-state index contributed by atoms with van der Waals surface area (Å²) in [6, 6.07) is 10.3. The van der Waals surface area contributed by atoms with Crippen molar-refractivity contribution in [1.29, 1.82) is 0 Å². The molecule has 14 heteroatoms. The van der Waals surface area contributed by atoms with E-state index >= 15 is 0 Å². The Morgan fingerprint density at radius 2 is 1.85 bits per heavy atom. The molecule has 210 valence electrons. The van der Waals surface area contributed by atoms with Gasteiger partial charge in [0.1, 0.15) is 15.9 Å². The smallest absolute Gasteiger partial charge is 0.333 e. The molecule has 3 aromatic heterocycles. The molecule has 1 fully saturated rings. The number of fused-ring (bicyclic) bond motifs is 1. The molecule has 0 atom stereocenters. The first kappa shape index (κ1) is 28.0. The van der Waals surface area contributed by atoms with Crippen LogP contribution in [-0.2, 0) is 10.0 Å². The molecule has 4 aromatic rings. The number of sulfonamides is 1. The van der Waals surface area contributed by atoms with Crippen molar-refractivity contribution in [2.75, 3.05) is 36.8 Å². The summed E-state index contributed by atoms with van der Waals surface area (Å²) in [5.41, 5.74) is 1.46. The number of carbonyl (C=O) groups is 1. The Labute approximate surface area is 240 Å². The first-order valence-electron chi connectivity index (χ1n) is 12.7. The van der Waals surface area contributed by atoms with E-state index in [1.165, 1.54) is 48.2 Å². The van der Waals surface area contributed by atoms with Crippen LogP contribution in [0.4, 0.5) is 16.2 Å². The number of urea groups is 1. The third-order valence-electron chi connectivity index (χ3n) is 6.52. The molecule has 4 heterocycles. The Balaban J connectivity index is 1.26. The van der Waals surface area contributed by atoms with E-state index < -0.39 is 16.1 Å². The van der Waals surface area contributed by atoms with E-state index in [1.807, 2.05) is 16.9 Å². The van der Waals surface area contributed by atoms with E-state index in [0.29, 0.717) is 22.5 Å². The van der Waals surface area contributed by atoms with Crippen LogP contribution in [0, 0.1) is 6.92 Å². The normalized spacial score (nSPS) is 14.2. The maximum absolute atomic E-state index is 13.3. The molecule has 3 N–H and O–H groups in total. The number of likely N-dealkylation sites (tertiary alicyclic amines) is 1. The number of aryl methyl sites for hydroxylation is 1. The maximum atomic E-state index is 13.3. The Bertz CT molecular complexity index is 1700. The fourth-order valence-corrected chi connectivity index (χ4v) is 6.97. The number of carbonyl (C=O) groups excluding carboxylic acids is 1. The summed E-state index contributed by atoms with van der Waals surface area (Å²) in [6.45, 7) is 5.80. The zero-order valence-electron chi connectivity index (χ0n) is 21.7. The number of amides is 2. The van der Waals surface area contributed by atoms with E-state index in [4.69, 9.17) is 11.6 Å². The van der Waals surface area contributed by atoms with Crippen LogP contribution >= 0.6 is 22.9 Å². The Kier molecular flexibility index (Phi) is 8.35. The van der Waals surface area contributed by atoms with Gasteiger partial charge in [-0.25, -0.2) is 32.5 Å². The average Bonchev–Trinajstić information content (AvgIpc) is 3.37. The number of anilines is 2. The molecule has 0 bridgehead atoms. The van der Waals surface area contributed by atoms with Gasteiger partial charge in [0.05, 0.1) is 27.1 Å². The van der Waals surface area contributed by atoms with E-state index in [-0.39, 0.29) is 19.8 Å². The Morgan fingerprint density at radius 1 is 1.07 bits per heavy atom. The van der Waals surface area contributed by atoms with E-state index in [2.05, 4.69) is 25.5 Å². The summed E-state index contributed by atoms with van der Waals surface area (Å²) in [5.74, 6) is 0.766. The molecule has 1 aliphatic rings. The standard InChI is InChI=1S/C26H28ClN7O4S2/c1-17-30-21-15-18(28-11-14-33-12-3-2-4-13-33)5-7-20(21)25(35)34(17)23-9-6-19(16-29-23)31-26(36)32-40(37,38)24-10-8-22(27)39-24/h5-10,15-16,28H,2-4,11-14H2,1H3,(H2,31,32,36). The summed E-state index contributed by atoms with van der Waals surface area (Å²) in [4.78, 5) is 37.0. The fraction of sp³-hybridized carbons (Fsp3) is 0.308. The maximum Gasteiger partial charge on any atom is 0.333 e. The Hall–Kier alpha value is -3.52. The van der Waals surface area contributed by atoms with Gasteiger partial charge in [-0.1, -0.05) is 18.0 Å². The van der Waals surface area contributed by atoms with Crippen LogP contribution in [0.2, 0.25) is 4.34 Å². The minimum Gasteiger partial charge on any atom is -0.384 e. The minimum absolute atomic E-state index is 0.0832. The topological polar surface area (TPSA) is 138 Å². The van der Waals surface area contributed by atoms with Crippen LogP contribution in [-0.4, -0.2) is 60.1 Å². The average molecular weight is 602 g/mol. The van der Waals surface area contributed by atoms with Crippen molar-refractivity contribution in [1.82, 2.24) is 24.2 Å². The zero-order chi connectivity index (χ0) is 28.3. The number of hydrogen-bond acceptors (Lipinski definition) is 9. The number of pyridine rings is 1. The number of hydrogen-bond donors (Lipinski definition) is 3. The van der Waals surface area contributed by atoms with Crippen LogP contribution in [0.5, 0.6) is 0 Å². The molecule has 0 aliphatic carbocycles. The number of nitrogens with one attached hydrogen (secondary N) is 3. The molecular formula is C26H28ClN7O4S2. The molecule has 0 unspecified atom stereocenters. The van der Waals surface area contributed by atoms with Gasteiger partial charge >= 0.3 is 6.03 Å². The van der Waals surface area contributed by atoms with Gasteiger partial charge in [-0.3, -0.25) is 4.79 Å². The zero-order valence-corrected chi connectivity index (χ0v) is 24.1. The minimum atomic E-state index is -4.06. The second-order valence-corrected chi connectivity index (χ2v) is 13.0. The number of piperidine rings is 1. The molecule has 1 saturated heterocycles. The third-order valence-corrected chi connectivity index (χ3v) is 9.57. The van der Waals surface area contributed by atoms with Crippen molar-refractivity contribution >= 4 is 61.3 Å². The number of thiophene rings is 1. The monoisotopic (exact) mass is 601 g/mol. The number of rotatable bonds is 8. The van der Waals surface area contributed by atoms with E-state index in [1.54, 1.807) is 19.1 Å².